The van der Waals surface area contributed by atoms with Crippen molar-refractivity contribution in [2.45, 2.75) is 72.3 Å². The van der Waals surface area contributed by atoms with Gasteiger partial charge in [-0.15, -0.1) is 0 Å². The molecule has 28 heavy (non-hydrogen) atoms. The van der Waals surface area contributed by atoms with Crippen molar-refractivity contribution in [3.63, 3.8) is 0 Å². The van der Waals surface area contributed by atoms with E-state index in [1.165, 1.54) is 5.57 Å². The van der Waals surface area contributed by atoms with Gasteiger partial charge in [-0.05, 0) is 56.6 Å². The average Bonchev–Trinajstić information content (AvgIpc) is 3.17. The lowest BCUT2D eigenvalue weighted by Gasteiger charge is -2.37. The minimum atomic E-state index is -0.800. The third kappa shape index (κ3) is 4.01. The normalized spacial score (nSPS) is 24.8. The number of carbonyl (C=O) groups is 2. The summed E-state index contributed by atoms with van der Waals surface area (Å²) in [7, 11) is 0. The van der Waals surface area contributed by atoms with Gasteiger partial charge in [-0.1, -0.05) is 63.0 Å². The van der Waals surface area contributed by atoms with Gasteiger partial charge in [-0.3, -0.25) is 9.59 Å². The van der Waals surface area contributed by atoms with Crippen LogP contribution in [0, 0.1) is 24.2 Å². The number of carbonyl (C=O) groups excluding carboxylic acids is 2. The van der Waals surface area contributed by atoms with Crippen LogP contribution < -0.4 is 10.6 Å². The Kier molecular flexibility index (Phi) is 5.69. The summed E-state index contributed by atoms with van der Waals surface area (Å²) in [4.78, 5) is 26.5. The molecule has 4 heteroatoms. The van der Waals surface area contributed by atoms with Crippen LogP contribution in [0.15, 0.2) is 35.9 Å². The molecule has 3 rings (SSSR count). The van der Waals surface area contributed by atoms with E-state index in [-0.39, 0.29) is 29.1 Å². The number of amides is 2. The molecule has 1 aromatic carbocycles. The van der Waals surface area contributed by atoms with E-state index in [0.717, 1.165) is 30.5 Å². The molecule has 0 aromatic heterocycles. The second-order valence-corrected chi connectivity index (χ2v) is 9.47. The molecule has 0 radical (unpaired) electrons. The van der Waals surface area contributed by atoms with Crippen molar-refractivity contribution in [1.82, 2.24) is 5.32 Å². The lowest BCUT2D eigenvalue weighted by Crippen LogP contribution is -2.58. The predicted molar refractivity (Wildman–Crippen MR) is 114 cm³/mol. The van der Waals surface area contributed by atoms with Crippen molar-refractivity contribution in [1.29, 1.82) is 0 Å². The van der Waals surface area contributed by atoms with Crippen LogP contribution in [0.25, 0.3) is 0 Å². The number of para-hydroxylation sites is 1. The third-order valence-corrected chi connectivity index (χ3v) is 6.60. The molecule has 1 aromatic rings. The van der Waals surface area contributed by atoms with E-state index in [1.54, 1.807) is 0 Å². The summed E-state index contributed by atoms with van der Waals surface area (Å²) in [6, 6.07) is 7.78. The number of anilines is 1. The minimum absolute atomic E-state index is 0.0225. The fraction of sp³-hybridized carbons (Fsp3) is 0.583. The molecule has 0 spiro atoms. The van der Waals surface area contributed by atoms with Crippen molar-refractivity contribution < 1.29 is 9.59 Å². The molecule has 2 atom stereocenters. The molecule has 2 N–H and O–H groups in total. The Morgan fingerprint density at radius 1 is 1.07 bits per heavy atom. The lowest BCUT2D eigenvalue weighted by atomic mass is 9.80. The van der Waals surface area contributed by atoms with E-state index in [2.05, 4.69) is 44.4 Å². The number of benzene rings is 1. The predicted octanol–water partition coefficient (Wildman–Crippen LogP) is 4.99. The van der Waals surface area contributed by atoms with Gasteiger partial charge in [0.05, 0.1) is 5.92 Å². The molecule has 0 heterocycles. The molecule has 0 aliphatic heterocycles. The number of allylic oxidation sites excluding steroid dienone is 2. The molecule has 152 valence electrons. The van der Waals surface area contributed by atoms with Crippen molar-refractivity contribution in [3.05, 3.63) is 41.5 Å². The molecule has 2 fully saturated rings. The SMILES string of the molecule is CC(C)=C[C@H]1[C@@H](C(=O)NC2(C(=O)Nc3ccccc3C)CCCCC2)C1(C)C. The first-order valence-electron chi connectivity index (χ1n) is 10.5. The fourth-order valence-corrected chi connectivity index (χ4v) is 4.68. The Hall–Kier alpha value is -2.10. The Labute approximate surface area is 169 Å². The number of nitrogens with one attached hydrogen (secondary N) is 2. The van der Waals surface area contributed by atoms with Crippen LogP contribution in [-0.4, -0.2) is 17.4 Å². The molecule has 2 amide bonds. The van der Waals surface area contributed by atoms with Gasteiger partial charge in [0.2, 0.25) is 11.8 Å². The van der Waals surface area contributed by atoms with Gasteiger partial charge >= 0.3 is 0 Å². The lowest BCUT2D eigenvalue weighted by molar-refractivity contribution is -0.133. The molecule has 2 saturated carbocycles. The van der Waals surface area contributed by atoms with Gasteiger partial charge < -0.3 is 10.6 Å². The second-order valence-electron chi connectivity index (χ2n) is 9.47. The van der Waals surface area contributed by atoms with Crippen LogP contribution in [0.5, 0.6) is 0 Å². The summed E-state index contributed by atoms with van der Waals surface area (Å²) < 4.78 is 0. The van der Waals surface area contributed by atoms with Gasteiger partial charge in [-0.2, -0.15) is 0 Å². The van der Waals surface area contributed by atoms with E-state index in [9.17, 15) is 9.59 Å². The maximum Gasteiger partial charge on any atom is 0.250 e. The van der Waals surface area contributed by atoms with Gasteiger partial charge in [0, 0.05) is 5.69 Å². The Bertz CT molecular complexity index is 784. The van der Waals surface area contributed by atoms with E-state index in [0.29, 0.717) is 12.8 Å². The highest BCUT2D eigenvalue weighted by molar-refractivity contribution is 6.01. The zero-order valence-electron chi connectivity index (χ0n) is 17.9. The quantitative estimate of drug-likeness (QED) is 0.705. The van der Waals surface area contributed by atoms with Gasteiger partial charge in [0.1, 0.15) is 5.54 Å². The van der Waals surface area contributed by atoms with Crippen molar-refractivity contribution in [3.8, 4) is 0 Å². The third-order valence-electron chi connectivity index (χ3n) is 6.60. The van der Waals surface area contributed by atoms with E-state index in [1.807, 2.05) is 31.2 Å². The summed E-state index contributed by atoms with van der Waals surface area (Å²) in [5.74, 6) is 0.131. The zero-order valence-corrected chi connectivity index (χ0v) is 17.9. The molecule has 4 nitrogen and oxygen atoms in total. The first kappa shape index (κ1) is 20.6. The number of rotatable bonds is 5. The van der Waals surface area contributed by atoms with Crippen LogP contribution in [0.3, 0.4) is 0 Å². The topological polar surface area (TPSA) is 58.2 Å². The number of hydrogen-bond acceptors (Lipinski definition) is 2. The van der Waals surface area contributed by atoms with Crippen LogP contribution in [0.4, 0.5) is 5.69 Å². The largest absolute Gasteiger partial charge is 0.341 e. The summed E-state index contributed by atoms with van der Waals surface area (Å²) in [6.45, 7) is 10.4. The molecule has 2 aliphatic carbocycles. The molecule has 0 bridgehead atoms. The fourth-order valence-electron chi connectivity index (χ4n) is 4.68. The highest BCUT2D eigenvalue weighted by Crippen LogP contribution is 2.59. The number of hydrogen-bond donors (Lipinski definition) is 2. The first-order chi connectivity index (χ1) is 13.2. The van der Waals surface area contributed by atoms with E-state index >= 15 is 0 Å². The van der Waals surface area contributed by atoms with E-state index < -0.39 is 5.54 Å². The molecule has 0 saturated heterocycles. The van der Waals surface area contributed by atoms with Gasteiger partial charge in [-0.25, -0.2) is 0 Å². The summed E-state index contributed by atoms with van der Waals surface area (Å²) in [5, 5.41) is 6.30. The average molecular weight is 383 g/mol. The highest BCUT2D eigenvalue weighted by atomic mass is 16.2. The molecule has 2 aliphatic rings. The summed E-state index contributed by atoms with van der Waals surface area (Å²) in [5.41, 5.74) is 2.23. The van der Waals surface area contributed by atoms with Crippen LogP contribution in [0.1, 0.15) is 65.4 Å². The van der Waals surface area contributed by atoms with Crippen molar-refractivity contribution >= 4 is 17.5 Å². The Balaban J connectivity index is 1.78. The first-order valence-corrected chi connectivity index (χ1v) is 10.5. The zero-order chi connectivity index (χ0) is 20.5. The van der Waals surface area contributed by atoms with Gasteiger partial charge in [0.25, 0.3) is 0 Å². The standard InChI is InChI=1S/C24H34N2O2/c1-16(2)15-18-20(23(18,4)5)21(27)26-24(13-9-6-10-14-24)22(28)25-19-12-8-7-11-17(19)3/h7-8,11-12,15,18,20H,6,9-10,13-14H2,1-5H3,(H,25,28)(H,26,27)/t18-,20-/m0/s1. The van der Waals surface area contributed by atoms with Crippen LogP contribution in [-0.2, 0) is 9.59 Å². The summed E-state index contributed by atoms with van der Waals surface area (Å²) in [6.07, 6.45) is 6.66. The second kappa shape index (κ2) is 7.73. The maximum atomic E-state index is 13.3. The van der Waals surface area contributed by atoms with Crippen LogP contribution >= 0.6 is 0 Å². The Morgan fingerprint density at radius 3 is 2.32 bits per heavy atom. The Morgan fingerprint density at radius 2 is 1.71 bits per heavy atom. The number of aryl methyl sites for hydroxylation is 1. The highest BCUT2D eigenvalue weighted by Gasteiger charge is 2.61. The van der Waals surface area contributed by atoms with Crippen LogP contribution in [0.2, 0.25) is 0 Å². The maximum absolute atomic E-state index is 13.3. The minimum Gasteiger partial charge on any atom is -0.341 e. The summed E-state index contributed by atoms with van der Waals surface area (Å²) >= 11 is 0. The van der Waals surface area contributed by atoms with Crippen molar-refractivity contribution in [2.75, 3.05) is 5.32 Å². The smallest absolute Gasteiger partial charge is 0.250 e. The molecule has 0 unspecified atom stereocenters. The van der Waals surface area contributed by atoms with E-state index in [4.69, 9.17) is 0 Å². The molecular weight excluding hydrogens is 348 g/mol. The molecular formula is C24H34N2O2. The van der Waals surface area contributed by atoms with Gasteiger partial charge in [0.15, 0.2) is 0 Å². The monoisotopic (exact) mass is 382 g/mol. The van der Waals surface area contributed by atoms with Crippen molar-refractivity contribution in [2.24, 2.45) is 17.3 Å².